The molecule has 4 nitrogen and oxygen atoms in total. The first-order valence-corrected chi connectivity index (χ1v) is 8.37. The van der Waals surface area contributed by atoms with Gasteiger partial charge >= 0.3 is 0 Å². The number of halogens is 1. The van der Waals surface area contributed by atoms with E-state index in [-0.39, 0.29) is 10.7 Å². The van der Waals surface area contributed by atoms with Crippen LogP contribution in [-0.4, -0.2) is 11.8 Å². The third-order valence-corrected chi connectivity index (χ3v) is 4.78. The Kier molecular flexibility index (Phi) is 4.39. The van der Waals surface area contributed by atoms with Gasteiger partial charge in [0.25, 0.3) is 11.8 Å². The smallest absolute Gasteiger partial charge is 0.283 e. The zero-order valence-corrected chi connectivity index (χ0v) is 15.4. The van der Waals surface area contributed by atoms with E-state index in [9.17, 15) is 9.59 Å². The first-order valence-electron chi connectivity index (χ1n) is 7.99. The van der Waals surface area contributed by atoms with Crippen molar-refractivity contribution >= 4 is 34.8 Å². The monoisotopic (exact) mass is 354 g/mol. The van der Waals surface area contributed by atoms with Gasteiger partial charge in [0, 0.05) is 5.69 Å². The van der Waals surface area contributed by atoms with Crippen molar-refractivity contribution in [3.8, 4) is 0 Å². The summed E-state index contributed by atoms with van der Waals surface area (Å²) in [5, 5.41) is 2.95. The first kappa shape index (κ1) is 17.2. The van der Waals surface area contributed by atoms with Crippen LogP contribution >= 0.6 is 11.6 Å². The van der Waals surface area contributed by atoms with Gasteiger partial charge in [0.15, 0.2) is 0 Å². The summed E-state index contributed by atoms with van der Waals surface area (Å²) in [6.45, 7) is 7.81. The first-order chi connectivity index (χ1) is 11.8. The summed E-state index contributed by atoms with van der Waals surface area (Å²) < 4.78 is 0. The lowest BCUT2D eigenvalue weighted by molar-refractivity contribution is -0.120. The third kappa shape index (κ3) is 3.05. The number of hydrogen-bond acceptors (Lipinski definition) is 3. The van der Waals surface area contributed by atoms with Crippen LogP contribution in [0.4, 0.5) is 11.4 Å². The summed E-state index contributed by atoms with van der Waals surface area (Å²) >= 11 is 6.19. The number of carbonyl (C=O) groups excluding carboxylic acids is 2. The number of imide groups is 1. The van der Waals surface area contributed by atoms with Gasteiger partial charge < -0.3 is 5.32 Å². The van der Waals surface area contributed by atoms with E-state index in [1.54, 1.807) is 6.07 Å². The lowest BCUT2D eigenvalue weighted by atomic mass is 10.1. The van der Waals surface area contributed by atoms with Crippen molar-refractivity contribution in [1.29, 1.82) is 0 Å². The van der Waals surface area contributed by atoms with E-state index in [0.29, 0.717) is 5.69 Å². The molecule has 0 radical (unpaired) electrons. The number of nitrogens with zero attached hydrogens (tertiary/aromatic N) is 1. The molecule has 0 aromatic heterocycles. The Balaban J connectivity index is 1.96. The highest BCUT2D eigenvalue weighted by molar-refractivity contribution is 6.53. The van der Waals surface area contributed by atoms with Crippen molar-refractivity contribution in [1.82, 2.24) is 0 Å². The zero-order chi connectivity index (χ0) is 18.3. The minimum atomic E-state index is -0.511. The molecule has 0 saturated carbocycles. The molecule has 0 spiro atoms. The number of benzene rings is 2. The minimum Gasteiger partial charge on any atom is -0.349 e. The Labute approximate surface area is 152 Å². The average molecular weight is 355 g/mol. The van der Waals surface area contributed by atoms with E-state index in [4.69, 9.17) is 11.6 Å². The van der Waals surface area contributed by atoms with Crippen molar-refractivity contribution in [2.75, 3.05) is 10.2 Å². The van der Waals surface area contributed by atoms with Crippen molar-refractivity contribution < 1.29 is 9.59 Å². The normalized spacial score (nSPS) is 14.5. The number of hydrogen-bond donors (Lipinski definition) is 1. The van der Waals surface area contributed by atoms with Gasteiger partial charge in [0.2, 0.25) is 0 Å². The van der Waals surface area contributed by atoms with Gasteiger partial charge in [0.1, 0.15) is 10.7 Å². The number of rotatable bonds is 3. The molecule has 2 amide bonds. The number of aryl methyl sites for hydroxylation is 4. The minimum absolute atomic E-state index is 0.0934. The molecule has 0 saturated heterocycles. The predicted molar refractivity (Wildman–Crippen MR) is 101 cm³/mol. The second kappa shape index (κ2) is 6.37. The third-order valence-electron chi connectivity index (χ3n) is 4.43. The molecule has 5 heteroatoms. The molecule has 0 unspecified atom stereocenters. The van der Waals surface area contributed by atoms with Gasteiger partial charge in [0.05, 0.1) is 5.69 Å². The quantitative estimate of drug-likeness (QED) is 0.833. The van der Waals surface area contributed by atoms with Crippen LogP contribution in [-0.2, 0) is 9.59 Å². The Bertz CT molecular complexity index is 931. The number of anilines is 2. The second-order valence-corrected chi connectivity index (χ2v) is 6.72. The molecule has 0 fully saturated rings. The van der Waals surface area contributed by atoms with Gasteiger partial charge in [-0.3, -0.25) is 9.59 Å². The van der Waals surface area contributed by atoms with E-state index in [2.05, 4.69) is 5.32 Å². The van der Waals surface area contributed by atoms with Crippen LogP contribution in [0.25, 0.3) is 0 Å². The zero-order valence-electron chi connectivity index (χ0n) is 14.6. The van der Waals surface area contributed by atoms with E-state index >= 15 is 0 Å². The summed E-state index contributed by atoms with van der Waals surface area (Å²) in [5.41, 5.74) is 5.50. The predicted octanol–water partition coefficient (Wildman–Crippen LogP) is 4.36. The van der Waals surface area contributed by atoms with Crippen molar-refractivity contribution in [2.45, 2.75) is 27.7 Å². The number of carbonyl (C=O) groups is 2. The standard InChI is InChI=1S/C20H19ClN2O2/c1-11-5-6-13(3)16(9-11)22-18-17(21)19(24)23(20(18)25)15-8-7-12(2)14(4)10-15/h5-10,22H,1-4H3. The van der Waals surface area contributed by atoms with Gasteiger partial charge in [-0.2, -0.15) is 0 Å². The molecular weight excluding hydrogens is 336 g/mol. The van der Waals surface area contributed by atoms with Gasteiger partial charge in [-0.25, -0.2) is 4.90 Å². The molecule has 25 heavy (non-hydrogen) atoms. The molecule has 0 aliphatic carbocycles. The van der Waals surface area contributed by atoms with Crippen molar-refractivity contribution in [3.63, 3.8) is 0 Å². The molecule has 1 N–H and O–H groups in total. The highest BCUT2D eigenvalue weighted by atomic mass is 35.5. The molecule has 2 aromatic rings. The lowest BCUT2D eigenvalue weighted by Crippen LogP contribution is -2.32. The van der Waals surface area contributed by atoms with Crippen LogP contribution in [0.3, 0.4) is 0 Å². The van der Waals surface area contributed by atoms with E-state index in [1.807, 2.05) is 58.0 Å². The van der Waals surface area contributed by atoms with E-state index in [1.165, 1.54) is 0 Å². The fourth-order valence-corrected chi connectivity index (χ4v) is 2.93. The van der Waals surface area contributed by atoms with Gasteiger partial charge in [-0.05, 0) is 68.1 Å². The fraction of sp³-hybridized carbons (Fsp3) is 0.200. The maximum Gasteiger partial charge on any atom is 0.283 e. The van der Waals surface area contributed by atoms with Crippen LogP contribution in [0.2, 0.25) is 0 Å². The van der Waals surface area contributed by atoms with Crippen LogP contribution in [0.5, 0.6) is 0 Å². The Morgan fingerprint density at radius 2 is 1.52 bits per heavy atom. The topological polar surface area (TPSA) is 49.4 Å². The van der Waals surface area contributed by atoms with Crippen LogP contribution < -0.4 is 10.2 Å². The lowest BCUT2D eigenvalue weighted by Gasteiger charge is -2.17. The Hall–Kier alpha value is -2.59. The van der Waals surface area contributed by atoms with Crippen LogP contribution in [0.15, 0.2) is 47.1 Å². The summed E-state index contributed by atoms with van der Waals surface area (Å²) in [6, 6.07) is 11.3. The maximum absolute atomic E-state index is 12.8. The number of nitrogens with one attached hydrogen (secondary N) is 1. The fourth-order valence-electron chi connectivity index (χ4n) is 2.72. The molecule has 0 bridgehead atoms. The summed E-state index contributed by atoms with van der Waals surface area (Å²) in [4.78, 5) is 26.5. The summed E-state index contributed by atoms with van der Waals surface area (Å²) in [6.07, 6.45) is 0. The average Bonchev–Trinajstić information content (AvgIpc) is 2.77. The van der Waals surface area contributed by atoms with Crippen LogP contribution in [0.1, 0.15) is 22.3 Å². The van der Waals surface area contributed by atoms with Crippen LogP contribution in [0, 0.1) is 27.7 Å². The molecule has 3 rings (SSSR count). The summed E-state index contributed by atoms with van der Waals surface area (Å²) in [7, 11) is 0. The molecule has 1 heterocycles. The Morgan fingerprint density at radius 3 is 2.20 bits per heavy atom. The molecule has 1 aliphatic rings. The van der Waals surface area contributed by atoms with E-state index < -0.39 is 11.8 Å². The molecular formula is C20H19ClN2O2. The largest absolute Gasteiger partial charge is 0.349 e. The molecule has 2 aromatic carbocycles. The van der Waals surface area contributed by atoms with Gasteiger partial charge in [-0.15, -0.1) is 0 Å². The SMILES string of the molecule is Cc1ccc(C)c(NC2=C(Cl)C(=O)N(c3ccc(C)c(C)c3)C2=O)c1. The molecule has 1 aliphatic heterocycles. The second-order valence-electron chi connectivity index (χ2n) is 6.35. The highest BCUT2D eigenvalue weighted by Gasteiger charge is 2.39. The molecule has 128 valence electrons. The maximum atomic E-state index is 12.8. The number of amides is 2. The van der Waals surface area contributed by atoms with Crippen molar-refractivity contribution in [3.05, 3.63) is 69.4 Å². The van der Waals surface area contributed by atoms with Gasteiger partial charge in [-0.1, -0.05) is 29.8 Å². The molecule has 0 atom stereocenters. The van der Waals surface area contributed by atoms with Crippen molar-refractivity contribution in [2.24, 2.45) is 0 Å². The highest BCUT2D eigenvalue weighted by Crippen LogP contribution is 2.31. The van der Waals surface area contributed by atoms with E-state index in [0.717, 1.165) is 32.8 Å². The summed E-state index contributed by atoms with van der Waals surface area (Å²) in [5.74, 6) is -0.957. The Morgan fingerprint density at radius 1 is 0.840 bits per heavy atom.